The van der Waals surface area contributed by atoms with Gasteiger partial charge in [0.05, 0.1) is 11.8 Å². The molecule has 2 aromatic rings. The van der Waals surface area contributed by atoms with Crippen LogP contribution in [0.5, 0.6) is 11.5 Å². The molecule has 1 aromatic carbocycles. The highest BCUT2D eigenvalue weighted by atomic mass is 16.3. The molecule has 0 atom stereocenters. The van der Waals surface area contributed by atoms with Crippen LogP contribution in [-0.2, 0) is 0 Å². The second-order valence-corrected chi connectivity index (χ2v) is 4.14. The van der Waals surface area contributed by atoms with Gasteiger partial charge in [-0.15, -0.1) is 0 Å². The van der Waals surface area contributed by atoms with E-state index < -0.39 is 0 Å². The predicted molar refractivity (Wildman–Crippen MR) is 73.8 cm³/mol. The van der Waals surface area contributed by atoms with Gasteiger partial charge >= 0.3 is 0 Å². The fraction of sp³-hybridized carbons (Fsp3) is 0.0714. The van der Waals surface area contributed by atoms with Gasteiger partial charge in [0.25, 0.3) is 5.91 Å². The molecular weight excluding hydrogens is 258 g/mol. The first-order valence-electron chi connectivity index (χ1n) is 5.84. The average Bonchev–Trinajstić information content (AvgIpc) is 2.43. The van der Waals surface area contributed by atoms with E-state index in [4.69, 9.17) is 5.11 Å². The summed E-state index contributed by atoms with van der Waals surface area (Å²) in [6.45, 7) is 1.83. The van der Waals surface area contributed by atoms with Gasteiger partial charge in [0.15, 0.2) is 11.5 Å². The van der Waals surface area contributed by atoms with Crippen LogP contribution in [0.2, 0.25) is 0 Å². The van der Waals surface area contributed by atoms with Crippen LogP contribution in [0.15, 0.2) is 41.6 Å². The normalized spacial score (nSPS) is 10.7. The van der Waals surface area contributed by atoms with Gasteiger partial charge in [-0.3, -0.25) is 9.78 Å². The Morgan fingerprint density at radius 2 is 2.05 bits per heavy atom. The maximum absolute atomic E-state index is 11.7. The number of phenolic OH excluding ortho intramolecular Hbond substituents is 2. The number of aromatic nitrogens is 1. The quantitative estimate of drug-likeness (QED) is 0.448. The molecular formula is C14H13N3O3. The highest BCUT2D eigenvalue weighted by Crippen LogP contribution is 2.23. The molecule has 1 amide bonds. The Morgan fingerprint density at radius 3 is 2.70 bits per heavy atom. The number of aromatic hydroxyl groups is 2. The topological polar surface area (TPSA) is 94.8 Å². The maximum Gasteiger partial charge on any atom is 0.272 e. The molecule has 1 heterocycles. The third kappa shape index (κ3) is 3.32. The molecule has 0 aliphatic rings. The molecule has 0 saturated heterocycles. The van der Waals surface area contributed by atoms with E-state index in [1.54, 1.807) is 18.2 Å². The van der Waals surface area contributed by atoms with Crippen molar-refractivity contribution in [3.05, 3.63) is 53.3 Å². The number of carbonyl (C=O) groups excluding carboxylic acids is 1. The van der Waals surface area contributed by atoms with E-state index in [-0.39, 0.29) is 17.4 Å². The molecule has 0 radical (unpaired) electrons. The Kier molecular flexibility index (Phi) is 3.95. The highest BCUT2D eigenvalue weighted by molar-refractivity contribution is 5.94. The summed E-state index contributed by atoms with van der Waals surface area (Å²) in [5.41, 5.74) is 4.12. The van der Waals surface area contributed by atoms with Crippen molar-refractivity contribution in [2.24, 2.45) is 5.10 Å². The second kappa shape index (κ2) is 5.83. The SMILES string of the molecule is Cc1ccc(C(=O)N/N=C/c2ccc(O)c(O)c2)cn1. The summed E-state index contributed by atoms with van der Waals surface area (Å²) < 4.78 is 0. The van der Waals surface area contributed by atoms with Gasteiger partial charge < -0.3 is 10.2 Å². The fourth-order valence-corrected chi connectivity index (χ4v) is 1.45. The van der Waals surface area contributed by atoms with Crippen molar-refractivity contribution >= 4 is 12.1 Å². The largest absolute Gasteiger partial charge is 0.504 e. The first-order valence-corrected chi connectivity index (χ1v) is 5.84. The van der Waals surface area contributed by atoms with Crippen LogP contribution in [0.3, 0.4) is 0 Å². The van der Waals surface area contributed by atoms with Gasteiger partial charge in [0.1, 0.15) is 0 Å². The van der Waals surface area contributed by atoms with E-state index in [0.717, 1.165) is 5.69 Å². The van der Waals surface area contributed by atoms with Crippen molar-refractivity contribution in [2.45, 2.75) is 6.92 Å². The number of rotatable bonds is 3. The van der Waals surface area contributed by atoms with Crippen molar-refractivity contribution in [3.63, 3.8) is 0 Å². The molecule has 0 aliphatic carbocycles. The van der Waals surface area contributed by atoms with Crippen molar-refractivity contribution < 1.29 is 15.0 Å². The third-order valence-corrected chi connectivity index (χ3v) is 2.55. The molecule has 0 aliphatic heterocycles. The lowest BCUT2D eigenvalue weighted by Gasteiger charge is -2.00. The minimum Gasteiger partial charge on any atom is -0.504 e. The summed E-state index contributed by atoms with van der Waals surface area (Å²) in [6.07, 6.45) is 2.82. The number of pyridine rings is 1. The first kappa shape index (κ1) is 13.5. The molecule has 102 valence electrons. The molecule has 0 bridgehead atoms. The lowest BCUT2D eigenvalue weighted by molar-refractivity contribution is 0.0955. The van der Waals surface area contributed by atoms with E-state index in [9.17, 15) is 9.90 Å². The molecule has 0 saturated carbocycles. The Hall–Kier alpha value is -2.89. The van der Waals surface area contributed by atoms with Gasteiger partial charge in [0.2, 0.25) is 0 Å². The van der Waals surface area contributed by atoms with Crippen molar-refractivity contribution in [1.29, 1.82) is 0 Å². The molecule has 0 spiro atoms. The summed E-state index contributed by atoms with van der Waals surface area (Å²) in [5.74, 6) is -0.836. The lowest BCUT2D eigenvalue weighted by atomic mass is 10.2. The predicted octanol–water partition coefficient (Wildman–Crippen LogP) is 1.57. The third-order valence-electron chi connectivity index (χ3n) is 2.55. The van der Waals surface area contributed by atoms with Crippen molar-refractivity contribution in [1.82, 2.24) is 10.4 Å². The van der Waals surface area contributed by atoms with Crippen molar-refractivity contribution in [3.8, 4) is 11.5 Å². The zero-order valence-corrected chi connectivity index (χ0v) is 10.7. The Balaban J connectivity index is 2.00. The van der Waals surface area contributed by atoms with Gasteiger partial charge in [-0.05, 0) is 42.8 Å². The molecule has 6 nitrogen and oxygen atoms in total. The number of nitrogens with one attached hydrogen (secondary N) is 1. The van der Waals surface area contributed by atoms with Crippen molar-refractivity contribution in [2.75, 3.05) is 0 Å². The van der Waals surface area contributed by atoms with E-state index in [1.807, 2.05) is 6.92 Å². The average molecular weight is 271 g/mol. The number of nitrogens with zero attached hydrogens (tertiary/aromatic N) is 2. The standard InChI is InChI=1S/C14H13N3O3/c1-9-2-4-11(8-15-9)14(20)17-16-7-10-3-5-12(18)13(19)6-10/h2-8,18-19H,1H3,(H,17,20)/b16-7+. The second-order valence-electron chi connectivity index (χ2n) is 4.14. The zero-order chi connectivity index (χ0) is 14.5. The number of benzene rings is 1. The summed E-state index contributed by atoms with van der Waals surface area (Å²) in [7, 11) is 0. The van der Waals surface area contributed by atoms with Gasteiger partial charge in [-0.1, -0.05) is 0 Å². The minimum absolute atomic E-state index is 0.211. The number of amides is 1. The Morgan fingerprint density at radius 1 is 1.25 bits per heavy atom. The van der Waals surface area contributed by atoms with Gasteiger partial charge in [-0.25, -0.2) is 5.43 Å². The summed E-state index contributed by atoms with van der Waals surface area (Å²) in [6, 6.07) is 7.61. The van der Waals surface area contributed by atoms with Crippen LogP contribution in [0.4, 0.5) is 0 Å². The van der Waals surface area contributed by atoms with E-state index in [2.05, 4.69) is 15.5 Å². The minimum atomic E-state index is -0.378. The number of carbonyl (C=O) groups is 1. The molecule has 20 heavy (non-hydrogen) atoms. The van der Waals surface area contributed by atoms with Crippen LogP contribution in [0.25, 0.3) is 0 Å². The summed E-state index contributed by atoms with van der Waals surface area (Å²) >= 11 is 0. The number of phenols is 2. The zero-order valence-electron chi connectivity index (χ0n) is 10.7. The van der Waals surface area contributed by atoms with Crippen LogP contribution >= 0.6 is 0 Å². The molecule has 1 aromatic heterocycles. The monoisotopic (exact) mass is 271 g/mol. The fourth-order valence-electron chi connectivity index (χ4n) is 1.45. The van der Waals surface area contributed by atoms with Gasteiger partial charge in [0, 0.05) is 11.9 Å². The lowest BCUT2D eigenvalue weighted by Crippen LogP contribution is -2.17. The first-order chi connectivity index (χ1) is 9.56. The van der Waals surface area contributed by atoms with E-state index in [1.165, 1.54) is 24.5 Å². The summed E-state index contributed by atoms with van der Waals surface area (Å²) in [4.78, 5) is 15.7. The number of hydrogen-bond donors (Lipinski definition) is 3. The number of hydrogen-bond acceptors (Lipinski definition) is 5. The molecule has 0 unspecified atom stereocenters. The highest BCUT2D eigenvalue weighted by Gasteiger charge is 2.03. The Labute approximate surface area is 115 Å². The molecule has 3 N–H and O–H groups in total. The summed E-state index contributed by atoms with van der Waals surface area (Å²) in [5, 5.41) is 22.2. The Bertz CT molecular complexity index is 651. The number of hydrazone groups is 1. The van der Waals surface area contributed by atoms with E-state index >= 15 is 0 Å². The maximum atomic E-state index is 11.7. The molecule has 0 fully saturated rings. The number of aryl methyl sites for hydroxylation is 1. The van der Waals surface area contributed by atoms with Crippen LogP contribution in [0.1, 0.15) is 21.6 Å². The smallest absolute Gasteiger partial charge is 0.272 e. The van der Waals surface area contributed by atoms with Crippen LogP contribution < -0.4 is 5.43 Å². The molecule has 6 heteroatoms. The van der Waals surface area contributed by atoms with Crippen LogP contribution in [-0.4, -0.2) is 27.3 Å². The molecule has 2 rings (SSSR count). The van der Waals surface area contributed by atoms with Gasteiger partial charge in [-0.2, -0.15) is 5.10 Å². The van der Waals surface area contributed by atoms with E-state index in [0.29, 0.717) is 11.1 Å². The van der Waals surface area contributed by atoms with Crippen LogP contribution in [0, 0.1) is 6.92 Å².